The lowest BCUT2D eigenvalue weighted by Crippen LogP contribution is -2.56. The van der Waals surface area contributed by atoms with Crippen molar-refractivity contribution in [3.63, 3.8) is 0 Å². The minimum atomic E-state index is -0.112. The van der Waals surface area contributed by atoms with Gasteiger partial charge in [-0.1, -0.05) is 6.07 Å². The predicted octanol–water partition coefficient (Wildman–Crippen LogP) is 4.36. The molecule has 1 unspecified atom stereocenters. The summed E-state index contributed by atoms with van der Waals surface area (Å²) in [5, 5.41) is 2.23. The Morgan fingerprint density at radius 1 is 1.17 bits per heavy atom. The Kier molecular flexibility index (Phi) is 5.61. The molecule has 0 radical (unpaired) electrons. The fourth-order valence-electron chi connectivity index (χ4n) is 6.43. The molecule has 29 heavy (non-hydrogen) atoms. The number of ether oxygens (including phenoxy) is 1. The van der Waals surface area contributed by atoms with Gasteiger partial charge in [0, 0.05) is 36.1 Å². The summed E-state index contributed by atoms with van der Waals surface area (Å²) in [5.74, 6) is 0. The van der Waals surface area contributed by atoms with Crippen molar-refractivity contribution in [1.82, 2.24) is 14.7 Å². The van der Waals surface area contributed by atoms with Gasteiger partial charge in [0.05, 0.1) is 6.61 Å². The number of rotatable bonds is 4. The number of carbonyl (C=O) groups is 1. The molecule has 1 spiro atoms. The van der Waals surface area contributed by atoms with Crippen LogP contribution in [0.4, 0.5) is 4.79 Å². The maximum Gasteiger partial charge on any atom is 0.409 e. The van der Waals surface area contributed by atoms with E-state index in [2.05, 4.69) is 27.3 Å². The molecule has 3 saturated heterocycles. The lowest BCUT2D eigenvalue weighted by atomic mass is 9.64. The van der Waals surface area contributed by atoms with Crippen LogP contribution in [0.5, 0.6) is 0 Å². The van der Waals surface area contributed by atoms with Crippen molar-refractivity contribution in [3.05, 3.63) is 22.4 Å². The molecule has 1 aromatic rings. The number of hydrogen-bond donors (Lipinski definition) is 0. The van der Waals surface area contributed by atoms with Crippen LogP contribution in [-0.2, 0) is 4.74 Å². The first-order valence-corrected chi connectivity index (χ1v) is 12.5. The molecule has 160 valence electrons. The molecule has 6 heteroatoms. The van der Waals surface area contributed by atoms with E-state index < -0.39 is 0 Å². The summed E-state index contributed by atoms with van der Waals surface area (Å²) in [6.45, 7) is 7.94. The van der Waals surface area contributed by atoms with E-state index in [1.165, 1.54) is 58.2 Å². The van der Waals surface area contributed by atoms with E-state index in [0.29, 0.717) is 18.1 Å². The van der Waals surface area contributed by atoms with Gasteiger partial charge in [0.1, 0.15) is 0 Å². The van der Waals surface area contributed by atoms with Crippen LogP contribution in [0.1, 0.15) is 62.8 Å². The summed E-state index contributed by atoms with van der Waals surface area (Å²) in [7, 11) is 0. The van der Waals surface area contributed by atoms with Gasteiger partial charge in [-0.2, -0.15) is 0 Å². The highest BCUT2D eigenvalue weighted by atomic mass is 32.1. The third-order valence-corrected chi connectivity index (χ3v) is 8.93. The highest BCUT2D eigenvalue weighted by molar-refractivity contribution is 7.10. The van der Waals surface area contributed by atoms with Crippen LogP contribution in [0.3, 0.4) is 0 Å². The van der Waals surface area contributed by atoms with Gasteiger partial charge in [-0.3, -0.25) is 4.90 Å². The molecule has 0 N–H and O–H groups in total. The summed E-state index contributed by atoms with van der Waals surface area (Å²) < 4.78 is 5.20. The fourth-order valence-corrected chi connectivity index (χ4v) is 7.31. The first-order chi connectivity index (χ1) is 14.2. The molecule has 1 atom stereocenters. The first-order valence-electron chi connectivity index (χ1n) is 11.6. The van der Waals surface area contributed by atoms with E-state index in [1.54, 1.807) is 4.88 Å². The second-order valence-corrected chi connectivity index (χ2v) is 10.6. The van der Waals surface area contributed by atoms with Crippen LogP contribution < -0.4 is 0 Å². The molecule has 0 aromatic carbocycles. The number of thiophene rings is 1. The number of likely N-dealkylation sites (tertiary alicyclic amines) is 3. The van der Waals surface area contributed by atoms with Crippen LogP contribution in [0.25, 0.3) is 0 Å². The summed E-state index contributed by atoms with van der Waals surface area (Å²) in [5.41, 5.74) is 0.382. The molecule has 5 nitrogen and oxygen atoms in total. The number of nitrogens with zero attached hydrogens (tertiary/aromatic N) is 3. The molecule has 4 aliphatic rings. The zero-order valence-corrected chi connectivity index (χ0v) is 18.5. The molecule has 1 aliphatic carbocycles. The topological polar surface area (TPSA) is 36.0 Å². The van der Waals surface area contributed by atoms with Gasteiger partial charge in [0.2, 0.25) is 0 Å². The molecule has 1 amide bonds. The number of carbonyl (C=O) groups excluding carboxylic acids is 1. The highest BCUT2D eigenvalue weighted by Crippen LogP contribution is 2.51. The highest BCUT2D eigenvalue weighted by Gasteiger charge is 2.51. The normalized spacial score (nSPS) is 34.0. The van der Waals surface area contributed by atoms with Gasteiger partial charge >= 0.3 is 6.09 Å². The number of piperidine rings is 1. The van der Waals surface area contributed by atoms with Crippen molar-refractivity contribution in [2.75, 3.05) is 39.3 Å². The Bertz CT molecular complexity index is 695. The maximum atomic E-state index is 12.0. The summed E-state index contributed by atoms with van der Waals surface area (Å²) in [4.78, 5) is 21.1. The third-order valence-electron chi connectivity index (χ3n) is 7.95. The third kappa shape index (κ3) is 3.84. The summed E-state index contributed by atoms with van der Waals surface area (Å²) in [6, 6.07) is 6.71. The Morgan fingerprint density at radius 3 is 2.72 bits per heavy atom. The largest absolute Gasteiger partial charge is 0.450 e. The molecule has 4 heterocycles. The average molecular weight is 418 g/mol. The molecular weight excluding hydrogens is 382 g/mol. The van der Waals surface area contributed by atoms with Crippen LogP contribution in [0, 0.1) is 5.41 Å². The number of amides is 1. The van der Waals surface area contributed by atoms with E-state index >= 15 is 0 Å². The Hall–Kier alpha value is -1.11. The Balaban J connectivity index is 1.10. The second-order valence-electron chi connectivity index (χ2n) is 9.61. The fraction of sp³-hybridized carbons (Fsp3) is 0.783. The first kappa shape index (κ1) is 19.8. The molecule has 5 rings (SSSR count). The summed E-state index contributed by atoms with van der Waals surface area (Å²) in [6.07, 6.45) is 8.92. The van der Waals surface area contributed by atoms with E-state index in [0.717, 1.165) is 31.6 Å². The summed E-state index contributed by atoms with van der Waals surface area (Å²) >= 11 is 1.93. The van der Waals surface area contributed by atoms with Crippen molar-refractivity contribution in [1.29, 1.82) is 0 Å². The lowest BCUT2D eigenvalue weighted by molar-refractivity contribution is -0.0172. The van der Waals surface area contributed by atoms with E-state index in [-0.39, 0.29) is 6.09 Å². The van der Waals surface area contributed by atoms with Crippen molar-refractivity contribution >= 4 is 17.4 Å². The van der Waals surface area contributed by atoms with Crippen molar-refractivity contribution in [3.8, 4) is 0 Å². The van der Waals surface area contributed by atoms with Gasteiger partial charge in [-0.15, -0.1) is 11.3 Å². The smallest absolute Gasteiger partial charge is 0.409 e. The molecule has 1 saturated carbocycles. The van der Waals surface area contributed by atoms with Crippen LogP contribution in [0.15, 0.2) is 17.5 Å². The maximum absolute atomic E-state index is 12.0. The molecule has 1 aromatic heterocycles. The van der Waals surface area contributed by atoms with Gasteiger partial charge < -0.3 is 14.5 Å². The Morgan fingerprint density at radius 2 is 2.00 bits per heavy atom. The van der Waals surface area contributed by atoms with Crippen molar-refractivity contribution < 1.29 is 9.53 Å². The van der Waals surface area contributed by atoms with E-state index in [4.69, 9.17) is 4.74 Å². The average Bonchev–Trinajstić information content (AvgIpc) is 3.47. The molecule has 0 bridgehead atoms. The van der Waals surface area contributed by atoms with Crippen LogP contribution in [0.2, 0.25) is 0 Å². The standard InChI is InChI=1S/C23H35N3O2S/c1-2-28-22(27)25-13-9-23(17-25)15-19(16-23)24-11-7-18(8-12-24)26-10-3-5-20(26)21-6-4-14-29-21/h4,6,14,18-20H,2-3,5,7-13,15-17H2,1H3. The lowest BCUT2D eigenvalue weighted by Gasteiger charge is -2.52. The molecule has 3 aliphatic heterocycles. The van der Waals surface area contributed by atoms with Crippen molar-refractivity contribution in [2.45, 2.75) is 70.0 Å². The minimum absolute atomic E-state index is 0.112. The Labute approximate surface area is 179 Å². The quantitative estimate of drug-likeness (QED) is 0.729. The number of hydrogen-bond acceptors (Lipinski definition) is 5. The van der Waals surface area contributed by atoms with Crippen LogP contribution >= 0.6 is 11.3 Å². The SMILES string of the molecule is CCOC(=O)N1CCC2(CC(N3CCC(N4CCCC4c4cccs4)CC3)C2)C1. The molecular formula is C23H35N3O2S. The van der Waals surface area contributed by atoms with E-state index in [9.17, 15) is 4.79 Å². The van der Waals surface area contributed by atoms with Crippen molar-refractivity contribution in [2.24, 2.45) is 5.41 Å². The zero-order valence-electron chi connectivity index (χ0n) is 17.7. The second kappa shape index (κ2) is 8.20. The monoisotopic (exact) mass is 417 g/mol. The predicted molar refractivity (Wildman–Crippen MR) is 116 cm³/mol. The van der Waals surface area contributed by atoms with E-state index in [1.807, 2.05) is 23.2 Å². The zero-order chi connectivity index (χ0) is 19.8. The van der Waals surface area contributed by atoms with Gasteiger partial charge in [0.15, 0.2) is 0 Å². The van der Waals surface area contributed by atoms with Gasteiger partial charge in [-0.05, 0) is 88.4 Å². The van der Waals surface area contributed by atoms with Crippen LogP contribution in [-0.4, -0.2) is 72.2 Å². The van der Waals surface area contributed by atoms with Gasteiger partial charge in [-0.25, -0.2) is 4.79 Å². The molecule has 4 fully saturated rings. The minimum Gasteiger partial charge on any atom is -0.450 e. The van der Waals surface area contributed by atoms with Gasteiger partial charge in [0.25, 0.3) is 0 Å².